The number of nitrogens with zero attached hydrogens (tertiary/aromatic N) is 2. The number of thioether (sulfide) groups is 1. The molecule has 2 N–H and O–H groups in total. The Hall–Kier alpha value is -2.55. The lowest BCUT2D eigenvalue weighted by Gasteiger charge is -2.08. The minimum Gasteiger partial charge on any atom is -0.493 e. The molecule has 1 aliphatic heterocycles. The van der Waals surface area contributed by atoms with E-state index in [-0.39, 0.29) is 17.5 Å². The van der Waals surface area contributed by atoms with E-state index in [1.807, 2.05) is 0 Å². The minimum atomic E-state index is -1.04. The molecule has 23 heavy (non-hydrogen) atoms. The molecule has 0 spiro atoms. The number of aliphatic carboxylic acids is 1. The fraction of sp³-hybridized carbons (Fsp3) is 0.286. The predicted molar refractivity (Wildman–Crippen MR) is 86.3 cm³/mol. The van der Waals surface area contributed by atoms with E-state index in [4.69, 9.17) is 14.6 Å². The number of amides is 1. The van der Waals surface area contributed by atoms with Gasteiger partial charge in [0, 0.05) is 5.56 Å². The molecule has 1 aromatic rings. The zero-order valence-corrected chi connectivity index (χ0v) is 13.3. The standard InChI is InChI=1S/C14H15N3O5S/c1-21-9-5-3-4-8(12(9)22-2)7-15-17-14-16-13(20)10(23-14)6-11(18)19/h3-5,7,10H,6H2,1-2H3,(H,18,19)(H,16,17,20)/b15-7+. The molecule has 1 amide bonds. The molecule has 0 bridgehead atoms. The fourth-order valence-electron chi connectivity index (χ4n) is 1.90. The number of rotatable bonds is 6. The van der Waals surface area contributed by atoms with Crippen LogP contribution in [0.25, 0.3) is 0 Å². The first-order valence-electron chi connectivity index (χ1n) is 6.56. The number of carbonyl (C=O) groups is 2. The molecule has 0 aromatic heterocycles. The maximum atomic E-state index is 11.6. The second kappa shape index (κ2) is 7.63. The van der Waals surface area contributed by atoms with E-state index in [9.17, 15) is 9.59 Å². The molecule has 1 saturated heterocycles. The molecule has 1 atom stereocenters. The Labute approximate surface area is 136 Å². The number of ether oxygens (including phenoxy) is 2. The number of carboxylic acid groups (broad SMARTS) is 1. The van der Waals surface area contributed by atoms with Gasteiger partial charge in [-0.05, 0) is 12.1 Å². The third-order valence-electron chi connectivity index (χ3n) is 2.92. The highest BCUT2D eigenvalue weighted by Crippen LogP contribution is 2.29. The number of amidine groups is 1. The SMILES string of the molecule is COc1cccc(/C=N/N=C2\NC(=O)C(CC(=O)O)S2)c1OC. The first-order chi connectivity index (χ1) is 11.0. The summed E-state index contributed by atoms with van der Waals surface area (Å²) in [7, 11) is 3.05. The van der Waals surface area contributed by atoms with Gasteiger partial charge < -0.3 is 19.9 Å². The lowest BCUT2D eigenvalue weighted by atomic mass is 10.2. The van der Waals surface area contributed by atoms with Gasteiger partial charge in [-0.3, -0.25) is 9.59 Å². The van der Waals surface area contributed by atoms with Crippen LogP contribution in [0.4, 0.5) is 0 Å². The van der Waals surface area contributed by atoms with Gasteiger partial charge in [-0.1, -0.05) is 17.8 Å². The molecule has 1 aliphatic rings. The van der Waals surface area contributed by atoms with Gasteiger partial charge >= 0.3 is 5.97 Å². The summed E-state index contributed by atoms with van der Waals surface area (Å²) in [6, 6.07) is 5.31. The van der Waals surface area contributed by atoms with E-state index in [0.717, 1.165) is 11.8 Å². The van der Waals surface area contributed by atoms with Crippen LogP contribution >= 0.6 is 11.8 Å². The average molecular weight is 337 g/mol. The van der Waals surface area contributed by atoms with Crippen molar-refractivity contribution in [3.63, 3.8) is 0 Å². The molecule has 0 saturated carbocycles. The highest BCUT2D eigenvalue weighted by atomic mass is 32.2. The molecular weight excluding hydrogens is 322 g/mol. The number of hydrogen-bond acceptors (Lipinski definition) is 7. The van der Waals surface area contributed by atoms with Gasteiger partial charge in [-0.15, -0.1) is 5.10 Å². The van der Waals surface area contributed by atoms with Crippen LogP contribution in [0.15, 0.2) is 28.4 Å². The fourth-order valence-corrected chi connectivity index (χ4v) is 2.82. The summed E-state index contributed by atoms with van der Waals surface area (Å²) in [4.78, 5) is 22.2. The molecule has 0 radical (unpaired) electrons. The Morgan fingerprint density at radius 2 is 2.22 bits per heavy atom. The summed E-state index contributed by atoms with van der Waals surface area (Å²) in [5.74, 6) is -0.339. The molecule has 2 rings (SSSR count). The summed E-state index contributed by atoms with van der Waals surface area (Å²) in [5.41, 5.74) is 0.660. The van der Waals surface area contributed by atoms with E-state index >= 15 is 0 Å². The minimum absolute atomic E-state index is 0.261. The van der Waals surface area contributed by atoms with Gasteiger partial charge in [0.2, 0.25) is 5.91 Å². The van der Waals surface area contributed by atoms with E-state index in [0.29, 0.717) is 17.1 Å². The second-order valence-corrected chi connectivity index (χ2v) is 5.62. The quantitative estimate of drug-likeness (QED) is 0.594. The molecule has 1 unspecified atom stereocenters. The Bertz CT molecular complexity index is 674. The van der Waals surface area contributed by atoms with Gasteiger partial charge in [0.15, 0.2) is 16.7 Å². The highest BCUT2D eigenvalue weighted by Gasteiger charge is 2.32. The average Bonchev–Trinajstić information content (AvgIpc) is 2.86. The zero-order valence-electron chi connectivity index (χ0n) is 12.5. The number of para-hydroxylation sites is 1. The van der Waals surface area contributed by atoms with E-state index in [1.54, 1.807) is 18.2 Å². The van der Waals surface area contributed by atoms with Crippen LogP contribution in [-0.4, -0.2) is 47.8 Å². The van der Waals surface area contributed by atoms with Crippen molar-refractivity contribution in [3.05, 3.63) is 23.8 Å². The zero-order chi connectivity index (χ0) is 16.8. The number of nitrogens with one attached hydrogen (secondary N) is 1. The van der Waals surface area contributed by atoms with Crippen molar-refractivity contribution in [2.45, 2.75) is 11.7 Å². The Balaban J connectivity index is 2.10. The number of carbonyl (C=O) groups excluding carboxylic acids is 1. The van der Waals surface area contributed by atoms with Crippen molar-refractivity contribution in [1.29, 1.82) is 0 Å². The van der Waals surface area contributed by atoms with Crippen LogP contribution in [0.1, 0.15) is 12.0 Å². The molecule has 1 fully saturated rings. The molecule has 8 nitrogen and oxygen atoms in total. The Morgan fingerprint density at radius 1 is 1.43 bits per heavy atom. The van der Waals surface area contributed by atoms with Gasteiger partial charge in [0.1, 0.15) is 5.25 Å². The largest absolute Gasteiger partial charge is 0.493 e. The second-order valence-electron chi connectivity index (χ2n) is 4.43. The third-order valence-corrected chi connectivity index (χ3v) is 3.99. The van der Waals surface area contributed by atoms with Crippen molar-refractivity contribution in [3.8, 4) is 11.5 Å². The smallest absolute Gasteiger partial charge is 0.305 e. The summed E-state index contributed by atoms with van der Waals surface area (Å²) >= 11 is 1.04. The summed E-state index contributed by atoms with van der Waals surface area (Å²) in [5, 5.41) is 18.6. The van der Waals surface area contributed by atoms with Crippen LogP contribution in [0.5, 0.6) is 11.5 Å². The molecule has 122 valence electrons. The van der Waals surface area contributed by atoms with Crippen molar-refractivity contribution >= 4 is 35.0 Å². The number of benzene rings is 1. The molecule has 1 aromatic carbocycles. The van der Waals surface area contributed by atoms with Crippen LogP contribution in [0, 0.1) is 0 Å². The van der Waals surface area contributed by atoms with Gasteiger partial charge in [-0.25, -0.2) is 0 Å². The van der Waals surface area contributed by atoms with Gasteiger partial charge in [0.25, 0.3) is 0 Å². The van der Waals surface area contributed by atoms with Crippen molar-refractivity contribution in [2.75, 3.05) is 14.2 Å². The van der Waals surface area contributed by atoms with Crippen LogP contribution in [-0.2, 0) is 9.59 Å². The maximum Gasteiger partial charge on any atom is 0.305 e. The summed E-state index contributed by atoms with van der Waals surface area (Å²) < 4.78 is 10.4. The van der Waals surface area contributed by atoms with Crippen molar-refractivity contribution in [2.24, 2.45) is 10.2 Å². The van der Waals surface area contributed by atoms with E-state index in [2.05, 4.69) is 15.5 Å². The summed E-state index contributed by atoms with van der Waals surface area (Å²) in [6.45, 7) is 0. The lowest BCUT2D eigenvalue weighted by molar-refractivity contribution is -0.138. The number of carboxylic acids is 1. The first kappa shape index (κ1) is 16.8. The predicted octanol–water partition coefficient (Wildman–Crippen LogP) is 1.10. The van der Waals surface area contributed by atoms with Crippen LogP contribution in [0.3, 0.4) is 0 Å². The number of methoxy groups -OCH3 is 2. The van der Waals surface area contributed by atoms with Gasteiger partial charge in [0.05, 0.1) is 26.9 Å². The lowest BCUT2D eigenvalue weighted by Crippen LogP contribution is -2.26. The van der Waals surface area contributed by atoms with Crippen molar-refractivity contribution < 1.29 is 24.2 Å². The van der Waals surface area contributed by atoms with Crippen LogP contribution in [0.2, 0.25) is 0 Å². The Morgan fingerprint density at radius 3 is 2.87 bits per heavy atom. The van der Waals surface area contributed by atoms with Crippen molar-refractivity contribution in [1.82, 2.24) is 5.32 Å². The molecule has 1 heterocycles. The molecule has 0 aliphatic carbocycles. The normalized spacial score (nSPS) is 19.1. The molecular formula is C14H15N3O5S. The Kier molecular flexibility index (Phi) is 5.58. The number of hydrogen-bond donors (Lipinski definition) is 2. The summed E-state index contributed by atoms with van der Waals surface area (Å²) in [6.07, 6.45) is 1.20. The maximum absolute atomic E-state index is 11.6. The van der Waals surface area contributed by atoms with Gasteiger partial charge in [-0.2, -0.15) is 5.10 Å². The monoisotopic (exact) mass is 337 g/mol. The molecule has 9 heteroatoms. The van der Waals surface area contributed by atoms with E-state index < -0.39 is 11.2 Å². The highest BCUT2D eigenvalue weighted by molar-refractivity contribution is 8.15. The third kappa shape index (κ3) is 4.22. The van der Waals surface area contributed by atoms with Crippen LogP contribution < -0.4 is 14.8 Å². The first-order valence-corrected chi connectivity index (χ1v) is 7.44. The van der Waals surface area contributed by atoms with E-state index in [1.165, 1.54) is 20.4 Å². The topological polar surface area (TPSA) is 110 Å².